The number of fused-ring (bicyclic) bond motifs is 1. The van der Waals surface area contributed by atoms with Crippen molar-refractivity contribution in [3.8, 4) is 5.75 Å². The van der Waals surface area contributed by atoms with E-state index in [4.69, 9.17) is 9.15 Å². The average molecular weight is 493 g/mol. The number of piperidine rings is 1. The third-order valence-electron chi connectivity index (χ3n) is 8.00. The summed E-state index contributed by atoms with van der Waals surface area (Å²) in [6.45, 7) is 9.30. The number of likely N-dealkylation sites (tertiary alicyclic amines) is 1. The molecule has 2 heterocycles. The fraction of sp³-hybridized carbons (Fsp3) is 0.448. The van der Waals surface area contributed by atoms with Crippen LogP contribution in [-0.4, -0.2) is 65.1 Å². The summed E-state index contributed by atoms with van der Waals surface area (Å²) in [7, 11) is 1.83. The number of carbonyl (C=O) groups is 2. The summed E-state index contributed by atoms with van der Waals surface area (Å²) < 4.78 is 11.6. The number of hydrogen-bond acceptors (Lipinski definition) is 6. The predicted molar refractivity (Wildman–Crippen MR) is 138 cm³/mol. The molecule has 1 amide bonds. The molecule has 4 rings (SSSR count). The summed E-state index contributed by atoms with van der Waals surface area (Å²) in [5, 5.41) is 10.4. The molecule has 2 aromatic rings. The average Bonchev–Trinajstić information content (AvgIpc) is 3.26. The highest BCUT2D eigenvalue weighted by Crippen LogP contribution is 2.54. The van der Waals surface area contributed by atoms with Crippen LogP contribution in [-0.2, 0) is 19.7 Å². The van der Waals surface area contributed by atoms with E-state index in [2.05, 4.69) is 11.5 Å². The van der Waals surface area contributed by atoms with Gasteiger partial charge in [0, 0.05) is 50.2 Å². The molecule has 36 heavy (non-hydrogen) atoms. The van der Waals surface area contributed by atoms with E-state index in [0.717, 1.165) is 29.9 Å². The highest BCUT2D eigenvalue weighted by Gasteiger charge is 2.61. The first-order chi connectivity index (χ1) is 17.2. The predicted octanol–water partition coefficient (Wildman–Crippen LogP) is 4.45. The molecular formula is C29H36N2O5. The van der Waals surface area contributed by atoms with Crippen molar-refractivity contribution < 1.29 is 23.8 Å². The van der Waals surface area contributed by atoms with Gasteiger partial charge in [-0.15, -0.1) is 6.58 Å². The summed E-state index contributed by atoms with van der Waals surface area (Å²) in [6, 6.07) is 9.06. The highest BCUT2D eigenvalue weighted by atomic mass is 16.6. The van der Waals surface area contributed by atoms with E-state index in [1.807, 2.05) is 38.2 Å². The third kappa shape index (κ3) is 4.85. The zero-order valence-electron chi connectivity index (χ0n) is 21.4. The van der Waals surface area contributed by atoms with E-state index in [1.54, 1.807) is 35.4 Å². The van der Waals surface area contributed by atoms with Crippen molar-refractivity contribution in [1.29, 1.82) is 0 Å². The second kappa shape index (κ2) is 10.3. The van der Waals surface area contributed by atoms with E-state index in [-0.39, 0.29) is 23.7 Å². The van der Waals surface area contributed by atoms with Gasteiger partial charge in [0.15, 0.2) is 0 Å². The highest BCUT2D eigenvalue weighted by molar-refractivity contribution is 5.92. The minimum absolute atomic E-state index is 0.0513. The molecule has 3 atom stereocenters. The molecule has 7 heteroatoms. The molecule has 2 aliphatic rings. The van der Waals surface area contributed by atoms with Crippen LogP contribution in [0.1, 0.15) is 49.5 Å². The van der Waals surface area contributed by atoms with Crippen molar-refractivity contribution in [3.05, 3.63) is 72.2 Å². The number of nitrogens with zero attached hydrogens (tertiary/aromatic N) is 2. The SMILES string of the molecule is C=CCN1CC[C@@]2(c3cccc(O)c3)C[C@@H](N(C)C(=O)/C=C/c3ccoc3C)CC[C@]2(OC(C)=O)C1. The molecule has 0 bridgehead atoms. The number of amides is 1. The van der Waals surface area contributed by atoms with Gasteiger partial charge in [-0.25, -0.2) is 0 Å². The van der Waals surface area contributed by atoms with Gasteiger partial charge in [0.2, 0.25) is 5.91 Å². The van der Waals surface area contributed by atoms with E-state index in [1.165, 1.54) is 6.92 Å². The fourth-order valence-electron chi connectivity index (χ4n) is 6.16. The number of aryl methyl sites for hydroxylation is 1. The van der Waals surface area contributed by atoms with Gasteiger partial charge >= 0.3 is 5.97 Å². The number of carbonyl (C=O) groups excluding carboxylic acids is 2. The van der Waals surface area contributed by atoms with Gasteiger partial charge in [-0.2, -0.15) is 0 Å². The van der Waals surface area contributed by atoms with Crippen molar-refractivity contribution in [2.45, 2.75) is 56.6 Å². The Morgan fingerprint density at radius 1 is 1.33 bits per heavy atom. The lowest BCUT2D eigenvalue weighted by atomic mass is 9.55. The molecule has 1 aromatic heterocycles. The number of rotatable bonds is 7. The Balaban J connectivity index is 1.69. The Morgan fingerprint density at radius 2 is 2.14 bits per heavy atom. The molecule has 1 aromatic carbocycles. The summed E-state index contributed by atoms with van der Waals surface area (Å²) in [5.74, 6) is 0.536. The molecule has 7 nitrogen and oxygen atoms in total. The summed E-state index contributed by atoms with van der Waals surface area (Å²) in [4.78, 5) is 29.6. The van der Waals surface area contributed by atoms with Gasteiger partial charge in [0.1, 0.15) is 17.1 Å². The minimum Gasteiger partial charge on any atom is -0.508 e. The van der Waals surface area contributed by atoms with E-state index >= 15 is 0 Å². The number of likely N-dealkylation sites (N-methyl/N-ethyl adjacent to an activating group) is 1. The van der Waals surface area contributed by atoms with Gasteiger partial charge in [-0.3, -0.25) is 14.5 Å². The molecular weight excluding hydrogens is 456 g/mol. The summed E-state index contributed by atoms with van der Waals surface area (Å²) in [6.07, 6.45) is 9.53. The van der Waals surface area contributed by atoms with E-state index in [0.29, 0.717) is 32.4 Å². The van der Waals surface area contributed by atoms with Crippen molar-refractivity contribution in [1.82, 2.24) is 9.80 Å². The zero-order valence-corrected chi connectivity index (χ0v) is 21.4. The standard InChI is InChI=1S/C29H36N2O5/c1-5-15-31-16-14-28(24-7-6-8-26(33)18-24)19-25(11-13-29(28,20-31)36-22(3)32)30(4)27(34)10-9-23-12-17-35-21(23)2/h5-10,12,17-18,25,33H,1,11,13-16,19-20H2,2-4H3/b10-9+/t25-,28-,29-/m0/s1. The number of furan rings is 1. The Morgan fingerprint density at radius 3 is 2.81 bits per heavy atom. The number of esters is 1. The van der Waals surface area contributed by atoms with Gasteiger partial charge < -0.3 is 19.2 Å². The molecule has 0 radical (unpaired) electrons. The first-order valence-electron chi connectivity index (χ1n) is 12.5. The Labute approximate surface area is 213 Å². The van der Waals surface area contributed by atoms with E-state index in [9.17, 15) is 14.7 Å². The van der Waals surface area contributed by atoms with Gasteiger partial charge in [0.25, 0.3) is 0 Å². The van der Waals surface area contributed by atoms with Gasteiger partial charge in [-0.1, -0.05) is 18.2 Å². The first kappa shape index (κ1) is 25.8. The van der Waals surface area contributed by atoms with Crippen LogP contribution in [0, 0.1) is 6.92 Å². The number of benzene rings is 1. The van der Waals surface area contributed by atoms with Crippen LogP contribution >= 0.6 is 0 Å². The van der Waals surface area contributed by atoms with Crippen LogP contribution < -0.4 is 0 Å². The monoisotopic (exact) mass is 492 g/mol. The van der Waals surface area contributed by atoms with Crippen LogP contribution in [0.5, 0.6) is 5.75 Å². The smallest absolute Gasteiger partial charge is 0.303 e. The fourth-order valence-corrected chi connectivity index (χ4v) is 6.16. The number of phenolic OH excluding ortho intramolecular Hbond substituents is 1. The molecule has 0 unspecified atom stereocenters. The molecule has 192 valence electrons. The molecule has 1 aliphatic heterocycles. The van der Waals surface area contributed by atoms with Crippen LogP contribution in [0.4, 0.5) is 0 Å². The Hall–Kier alpha value is -3.32. The van der Waals surface area contributed by atoms with Crippen molar-refractivity contribution in [2.75, 3.05) is 26.7 Å². The summed E-state index contributed by atoms with van der Waals surface area (Å²) in [5.41, 5.74) is 0.507. The van der Waals surface area contributed by atoms with Crippen molar-refractivity contribution >= 4 is 18.0 Å². The van der Waals surface area contributed by atoms with E-state index < -0.39 is 11.0 Å². The molecule has 1 N–H and O–H groups in total. The van der Waals surface area contributed by atoms with Crippen molar-refractivity contribution in [2.24, 2.45) is 0 Å². The van der Waals surface area contributed by atoms with Gasteiger partial charge in [0.05, 0.1) is 6.26 Å². The maximum atomic E-state index is 13.2. The van der Waals surface area contributed by atoms with Crippen LogP contribution in [0.15, 0.2) is 59.7 Å². The number of aromatic hydroxyl groups is 1. The maximum absolute atomic E-state index is 13.2. The minimum atomic E-state index is -0.766. The lowest BCUT2D eigenvalue weighted by molar-refractivity contribution is -0.189. The summed E-state index contributed by atoms with van der Waals surface area (Å²) >= 11 is 0. The second-order valence-electron chi connectivity index (χ2n) is 10.1. The Kier molecular flexibility index (Phi) is 7.41. The largest absolute Gasteiger partial charge is 0.508 e. The van der Waals surface area contributed by atoms with Crippen LogP contribution in [0.25, 0.3) is 6.08 Å². The topological polar surface area (TPSA) is 83.2 Å². The number of hydrogen-bond donors (Lipinski definition) is 1. The first-order valence-corrected chi connectivity index (χ1v) is 12.5. The third-order valence-corrected chi connectivity index (χ3v) is 8.00. The maximum Gasteiger partial charge on any atom is 0.303 e. The van der Waals surface area contributed by atoms with Gasteiger partial charge in [-0.05, 0) is 69.0 Å². The molecule has 1 saturated carbocycles. The Bertz CT molecular complexity index is 1150. The quantitative estimate of drug-likeness (QED) is 0.349. The second-order valence-corrected chi connectivity index (χ2v) is 10.1. The number of ether oxygens (including phenoxy) is 1. The molecule has 1 saturated heterocycles. The molecule has 2 fully saturated rings. The zero-order chi connectivity index (χ0) is 25.9. The van der Waals surface area contributed by atoms with Crippen molar-refractivity contribution in [3.63, 3.8) is 0 Å². The molecule has 1 aliphatic carbocycles. The van der Waals surface area contributed by atoms with Crippen LogP contribution in [0.3, 0.4) is 0 Å². The lowest BCUT2D eigenvalue weighted by Gasteiger charge is -2.60. The lowest BCUT2D eigenvalue weighted by Crippen LogP contribution is -2.68. The number of phenols is 1. The van der Waals surface area contributed by atoms with Crippen LogP contribution in [0.2, 0.25) is 0 Å². The normalized spacial score (nSPS) is 26.4. The molecule has 0 spiro atoms.